The van der Waals surface area contributed by atoms with Crippen molar-refractivity contribution in [3.63, 3.8) is 0 Å². The van der Waals surface area contributed by atoms with Crippen LogP contribution in [0.2, 0.25) is 0 Å². The first-order chi connectivity index (χ1) is 5.64. The van der Waals surface area contributed by atoms with E-state index in [0.29, 0.717) is 0 Å². The molecule has 1 aliphatic heterocycles. The van der Waals surface area contributed by atoms with Crippen molar-refractivity contribution in [2.45, 2.75) is 25.8 Å². The number of rotatable bonds is 3. The second kappa shape index (κ2) is 4.20. The number of thioether (sulfide) groups is 1. The highest BCUT2D eigenvalue weighted by Crippen LogP contribution is 2.22. The van der Waals surface area contributed by atoms with Crippen LogP contribution in [0.3, 0.4) is 0 Å². The van der Waals surface area contributed by atoms with Crippen molar-refractivity contribution in [3.05, 3.63) is 0 Å². The molecular weight excluding hydrogens is 166 g/mol. The lowest BCUT2D eigenvalue weighted by atomic mass is 10.0. The summed E-state index contributed by atoms with van der Waals surface area (Å²) < 4.78 is 0. The third-order valence-corrected chi connectivity index (χ3v) is 3.45. The van der Waals surface area contributed by atoms with Crippen molar-refractivity contribution in [3.8, 4) is 12.3 Å². The SMILES string of the molecule is C#CC(C)(C)NCC1CCSC1. The average molecular weight is 183 g/mol. The summed E-state index contributed by atoms with van der Waals surface area (Å²) in [5.41, 5.74) is -0.132. The minimum absolute atomic E-state index is 0.132. The van der Waals surface area contributed by atoms with Gasteiger partial charge >= 0.3 is 0 Å². The van der Waals surface area contributed by atoms with Gasteiger partial charge in [0.25, 0.3) is 0 Å². The van der Waals surface area contributed by atoms with Crippen LogP contribution in [0.1, 0.15) is 20.3 Å². The number of hydrogen-bond donors (Lipinski definition) is 1. The molecule has 2 heteroatoms. The first-order valence-corrected chi connectivity index (χ1v) is 5.60. The molecule has 0 aromatic heterocycles. The Morgan fingerprint density at radius 3 is 2.92 bits per heavy atom. The van der Waals surface area contributed by atoms with Gasteiger partial charge in [-0.2, -0.15) is 11.8 Å². The van der Waals surface area contributed by atoms with Gasteiger partial charge < -0.3 is 5.32 Å². The van der Waals surface area contributed by atoms with E-state index in [0.717, 1.165) is 12.5 Å². The highest BCUT2D eigenvalue weighted by atomic mass is 32.2. The summed E-state index contributed by atoms with van der Waals surface area (Å²) in [4.78, 5) is 0. The van der Waals surface area contributed by atoms with E-state index in [1.807, 2.05) is 11.8 Å². The molecule has 1 saturated heterocycles. The van der Waals surface area contributed by atoms with Crippen molar-refractivity contribution in [2.75, 3.05) is 18.1 Å². The summed E-state index contributed by atoms with van der Waals surface area (Å²) in [6.07, 6.45) is 6.72. The third kappa shape index (κ3) is 3.08. The Bertz CT molecular complexity index is 175. The summed E-state index contributed by atoms with van der Waals surface area (Å²) in [7, 11) is 0. The second-order valence-electron chi connectivity index (χ2n) is 3.88. The van der Waals surface area contributed by atoms with E-state index >= 15 is 0 Å². The standard InChI is InChI=1S/C10H17NS/c1-4-10(2,3)11-7-9-5-6-12-8-9/h1,9,11H,5-8H2,2-3H3. The van der Waals surface area contributed by atoms with E-state index < -0.39 is 0 Å². The molecule has 1 nitrogen and oxygen atoms in total. The predicted octanol–water partition coefficient (Wildman–Crippen LogP) is 1.74. The molecule has 0 bridgehead atoms. The van der Waals surface area contributed by atoms with Crippen molar-refractivity contribution in [2.24, 2.45) is 5.92 Å². The summed E-state index contributed by atoms with van der Waals surface area (Å²) in [5, 5.41) is 3.40. The molecule has 0 radical (unpaired) electrons. The monoisotopic (exact) mass is 183 g/mol. The van der Waals surface area contributed by atoms with E-state index in [-0.39, 0.29) is 5.54 Å². The normalized spacial score (nSPS) is 23.9. The topological polar surface area (TPSA) is 12.0 Å². The molecule has 1 rings (SSSR count). The number of nitrogens with one attached hydrogen (secondary N) is 1. The van der Waals surface area contributed by atoms with Crippen LogP contribution in [0, 0.1) is 18.3 Å². The van der Waals surface area contributed by atoms with Gasteiger partial charge in [-0.1, -0.05) is 5.92 Å². The van der Waals surface area contributed by atoms with Gasteiger partial charge in [0.1, 0.15) is 0 Å². The molecule has 1 atom stereocenters. The lowest BCUT2D eigenvalue weighted by molar-refractivity contribution is 0.431. The molecule has 0 aliphatic carbocycles. The van der Waals surface area contributed by atoms with Gasteiger partial charge in [0.2, 0.25) is 0 Å². The third-order valence-electron chi connectivity index (χ3n) is 2.22. The molecule has 0 spiro atoms. The Labute approximate surface area is 79.7 Å². The van der Waals surface area contributed by atoms with E-state index in [9.17, 15) is 0 Å². The van der Waals surface area contributed by atoms with Crippen LogP contribution in [0.15, 0.2) is 0 Å². The quantitative estimate of drug-likeness (QED) is 0.669. The van der Waals surface area contributed by atoms with Crippen LogP contribution >= 0.6 is 11.8 Å². The largest absolute Gasteiger partial charge is 0.301 e. The molecule has 1 unspecified atom stereocenters. The number of terminal acetylenes is 1. The Kier molecular flexibility index (Phi) is 3.49. The zero-order valence-corrected chi connectivity index (χ0v) is 8.71. The minimum atomic E-state index is -0.132. The highest BCUT2D eigenvalue weighted by molar-refractivity contribution is 7.99. The molecule has 1 N–H and O–H groups in total. The second-order valence-corrected chi connectivity index (χ2v) is 5.03. The van der Waals surface area contributed by atoms with Crippen LogP contribution in [0.5, 0.6) is 0 Å². The molecule has 0 aromatic carbocycles. The van der Waals surface area contributed by atoms with Crippen molar-refractivity contribution in [1.29, 1.82) is 0 Å². The lowest BCUT2D eigenvalue weighted by Crippen LogP contribution is -2.40. The molecular formula is C10H17NS. The highest BCUT2D eigenvalue weighted by Gasteiger charge is 2.19. The van der Waals surface area contributed by atoms with Gasteiger partial charge in [0.15, 0.2) is 0 Å². The van der Waals surface area contributed by atoms with Crippen LogP contribution in [0.25, 0.3) is 0 Å². The summed E-state index contributed by atoms with van der Waals surface area (Å²) in [5.74, 6) is 6.20. The molecule has 1 fully saturated rings. The van der Waals surface area contributed by atoms with Crippen LogP contribution in [0.4, 0.5) is 0 Å². The number of hydrogen-bond acceptors (Lipinski definition) is 2. The zero-order chi connectivity index (χ0) is 9.03. The Hall–Kier alpha value is -0.130. The minimum Gasteiger partial charge on any atom is -0.301 e. The maximum absolute atomic E-state index is 5.37. The molecule has 1 heterocycles. The van der Waals surface area contributed by atoms with Gasteiger partial charge in [-0.3, -0.25) is 0 Å². The fourth-order valence-corrected chi connectivity index (χ4v) is 2.48. The van der Waals surface area contributed by atoms with Crippen LogP contribution in [-0.4, -0.2) is 23.6 Å². The van der Waals surface area contributed by atoms with Crippen LogP contribution in [-0.2, 0) is 0 Å². The molecule has 0 amide bonds. The molecule has 0 saturated carbocycles. The maximum atomic E-state index is 5.37. The molecule has 12 heavy (non-hydrogen) atoms. The molecule has 68 valence electrons. The van der Waals surface area contributed by atoms with Gasteiger partial charge in [-0.05, 0) is 37.7 Å². The van der Waals surface area contributed by atoms with Gasteiger partial charge in [0.05, 0.1) is 5.54 Å². The van der Waals surface area contributed by atoms with Gasteiger partial charge in [-0.15, -0.1) is 6.42 Å². The van der Waals surface area contributed by atoms with Crippen molar-refractivity contribution < 1.29 is 0 Å². The molecule has 0 aromatic rings. The van der Waals surface area contributed by atoms with Crippen LogP contribution < -0.4 is 5.32 Å². The lowest BCUT2D eigenvalue weighted by Gasteiger charge is -2.21. The first-order valence-electron chi connectivity index (χ1n) is 4.44. The Morgan fingerprint density at radius 1 is 1.67 bits per heavy atom. The zero-order valence-electron chi connectivity index (χ0n) is 7.89. The van der Waals surface area contributed by atoms with Crippen molar-refractivity contribution in [1.82, 2.24) is 5.32 Å². The van der Waals surface area contributed by atoms with Gasteiger partial charge in [-0.25, -0.2) is 0 Å². The van der Waals surface area contributed by atoms with E-state index in [1.54, 1.807) is 0 Å². The first kappa shape index (κ1) is 9.95. The smallest absolute Gasteiger partial charge is 0.0741 e. The molecule has 1 aliphatic rings. The van der Waals surface area contributed by atoms with Gasteiger partial charge in [0, 0.05) is 6.54 Å². The predicted molar refractivity (Wildman–Crippen MR) is 56.3 cm³/mol. The van der Waals surface area contributed by atoms with E-state index in [4.69, 9.17) is 6.42 Å². The van der Waals surface area contributed by atoms with Crippen molar-refractivity contribution >= 4 is 11.8 Å². The Balaban J connectivity index is 2.21. The average Bonchev–Trinajstić information content (AvgIpc) is 2.53. The summed E-state index contributed by atoms with van der Waals surface area (Å²) in [6, 6.07) is 0. The summed E-state index contributed by atoms with van der Waals surface area (Å²) in [6.45, 7) is 5.17. The fraction of sp³-hybridized carbons (Fsp3) is 0.800. The van der Waals surface area contributed by atoms with E-state index in [2.05, 4.69) is 25.1 Å². The summed E-state index contributed by atoms with van der Waals surface area (Å²) >= 11 is 2.05. The Morgan fingerprint density at radius 2 is 2.42 bits per heavy atom. The van der Waals surface area contributed by atoms with E-state index in [1.165, 1.54) is 17.9 Å². The maximum Gasteiger partial charge on any atom is 0.0741 e. The fourth-order valence-electron chi connectivity index (χ4n) is 1.19.